The predicted molar refractivity (Wildman–Crippen MR) is 78.0 cm³/mol. The lowest BCUT2D eigenvalue weighted by Crippen LogP contribution is -2.61. The molecule has 106 valence electrons. The molecule has 2 fully saturated rings. The van der Waals surface area contributed by atoms with Gasteiger partial charge in [0.1, 0.15) is 0 Å². The van der Waals surface area contributed by atoms with Gasteiger partial charge in [-0.15, -0.1) is 0 Å². The maximum atomic E-state index is 3.57. The van der Waals surface area contributed by atoms with Gasteiger partial charge >= 0.3 is 0 Å². The van der Waals surface area contributed by atoms with E-state index in [1.165, 1.54) is 45.7 Å². The van der Waals surface area contributed by atoms with E-state index in [0.717, 1.165) is 0 Å². The third kappa shape index (κ3) is 3.06. The van der Waals surface area contributed by atoms with Crippen molar-refractivity contribution in [2.75, 3.05) is 39.3 Å². The Balaban J connectivity index is 1.93. The van der Waals surface area contributed by atoms with Crippen molar-refractivity contribution in [3.63, 3.8) is 0 Å². The van der Waals surface area contributed by atoms with E-state index in [1.807, 2.05) is 0 Å². The lowest BCUT2D eigenvalue weighted by atomic mass is 9.77. The summed E-state index contributed by atoms with van der Waals surface area (Å²) in [5.74, 6) is 0. The van der Waals surface area contributed by atoms with Gasteiger partial charge < -0.3 is 5.32 Å². The third-order valence-corrected chi connectivity index (χ3v) is 4.89. The molecule has 0 radical (unpaired) electrons. The quantitative estimate of drug-likeness (QED) is 0.769. The predicted octanol–water partition coefficient (Wildman–Crippen LogP) is 1.79. The average molecular weight is 253 g/mol. The molecule has 1 atom stereocenters. The summed E-state index contributed by atoms with van der Waals surface area (Å²) in [5.41, 5.74) is 0.793. The molecule has 0 saturated carbocycles. The summed E-state index contributed by atoms with van der Waals surface area (Å²) in [5, 5.41) is 3.57. The molecule has 2 aliphatic rings. The normalized spacial score (nSPS) is 31.5. The molecule has 3 nitrogen and oxygen atoms in total. The number of nitrogens with zero attached hydrogens (tertiary/aromatic N) is 2. The van der Waals surface area contributed by atoms with Gasteiger partial charge in [0.15, 0.2) is 0 Å². The first-order chi connectivity index (χ1) is 8.31. The summed E-state index contributed by atoms with van der Waals surface area (Å²) in [6.07, 6.45) is 1.30. The van der Waals surface area contributed by atoms with E-state index in [4.69, 9.17) is 0 Å². The van der Waals surface area contributed by atoms with Crippen LogP contribution in [0.5, 0.6) is 0 Å². The summed E-state index contributed by atoms with van der Waals surface area (Å²) in [6, 6.07) is 0.716. The van der Waals surface area contributed by atoms with Gasteiger partial charge in [-0.05, 0) is 39.2 Å². The zero-order valence-electron chi connectivity index (χ0n) is 12.9. The molecule has 2 heterocycles. The molecule has 1 N–H and O–H groups in total. The highest BCUT2D eigenvalue weighted by molar-refractivity contribution is 4.94. The summed E-state index contributed by atoms with van der Waals surface area (Å²) < 4.78 is 0. The highest BCUT2D eigenvalue weighted by atomic mass is 15.3. The first kappa shape index (κ1) is 14.3. The second-order valence-electron chi connectivity index (χ2n) is 7.65. The Bertz CT molecular complexity index is 272. The van der Waals surface area contributed by atoms with Gasteiger partial charge in [-0.25, -0.2) is 0 Å². The second-order valence-corrected chi connectivity index (χ2v) is 7.65. The van der Waals surface area contributed by atoms with E-state index >= 15 is 0 Å². The van der Waals surface area contributed by atoms with E-state index in [1.54, 1.807) is 0 Å². The van der Waals surface area contributed by atoms with Crippen LogP contribution in [0.3, 0.4) is 0 Å². The monoisotopic (exact) mass is 253 g/mol. The number of nitrogens with one attached hydrogen (secondary N) is 1. The molecule has 0 aliphatic carbocycles. The van der Waals surface area contributed by atoms with Crippen LogP contribution in [0.2, 0.25) is 0 Å². The van der Waals surface area contributed by atoms with Gasteiger partial charge in [-0.3, -0.25) is 9.80 Å². The Morgan fingerprint density at radius 2 is 1.67 bits per heavy atom. The Hall–Kier alpha value is -0.120. The molecule has 0 aromatic rings. The van der Waals surface area contributed by atoms with Crippen LogP contribution in [0.15, 0.2) is 0 Å². The molecule has 2 aliphatic heterocycles. The van der Waals surface area contributed by atoms with Gasteiger partial charge in [0.25, 0.3) is 0 Å². The minimum absolute atomic E-state index is 0.326. The molecule has 0 aromatic carbocycles. The van der Waals surface area contributed by atoms with Crippen molar-refractivity contribution in [2.24, 2.45) is 5.41 Å². The van der Waals surface area contributed by atoms with Crippen molar-refractivity contribution in [2.45, 2.75) is 52.6 Å². The van der Waals surface area contributed by atoms with Crippen molar-refractivity contribution in [1.82, 2.24) is 15.1 Å². The number of rotatable bonds is 1. The fourth-order valence-electron chi connectivity index (χ4n) is 3.42. The van der Waals surface area contributed by atoms with Crippen molar-refractivity contribution in [1.29, 1.82) is 0 Å². The number of hydrogen-bond donors (Lipinski definition) is 1. The first-order valence-corrected chi connectivity index (χ1v) is 7.50. The van der Waals surface area contributed by atoms with Crippen LogP contribution in [-0.2, 0) is 0 Å². The number of piperidine rings is 1. The Morgan fingerprint density at radius 3 is 2.17 bits per heavy atom. The fraction of sp³-hybridized carbons (Fsp3) is 1.00. The zero-order valence-corrected chi connectivity index (χ0v) is 12.9. The van der Waals surface area contributed by atoms with Crippen LogP contribution >= 0.6 is 0 Å². The smallest absolute Gasteiger partial charge is 0.0273 e. The highest BCUT2D eigenvalue weighted by Crippen LogP contribution is 2.32. The fourth-order valence-corrected chi connectivity index (χ4v) is 3.42. The van der Waals surface area contributed by atoms with Gasteiger partial charge in [0.05, 0.1) is 0 Å². The topological polar surface area (TPSA) is 18.5 Å². The molecular weight excluding hydrogens is 222 g/mol. The van der Waals surface area contributed by atoms with E-state index in [9.17, 15) is 0 Å². The van der Waals surface area contributed by atoms with Crippen molar-refractivity contribution < 1.29 is 0 Å². The van der Waals surface area contributed by atoms with Crippen molar-refractivity contribution in [3.05, 3.63) is 0 Å². The van der Waals surface area contributed by atoms with Crippen LogP contribution in [-0.4, -0.2) is 60.6 Å². The lowest BCUT2D eigenvalue weighted by Gasteiger charge is -2.50. The van der Waals surface area contributed by atoms with E-state index in [-0.39, 0.29) is 0 Å². The summed E-state index contributed by atoms with van der Waals surface area (Å²) in [7, 11) is 0. The average Bonchev–Trinajstić information content (AvgIpc) is 2.27. The standard InChI is InChI=1S/C15H31N3/c1-14(2,3)18-10-8-17(9-11-18)13-12-16-7-6-15(13,4)5/h13,16H,6-12H2,1-5H3. The van der Waals surface area contributed by atoms with Crippen LogP contribution in [0.25, 0.3) is 0 Å². The molecule has 2 saturated heterocycles. The third-order valence-electron chi connectivity index (χ3n) is 4.89. The Morgan fingerprint density at radius 1 is 1.06 bits per heavy atom. The van der Waals surface area contributed by atoms with Crippen LogP contribution in [0.1, 0.15) is 41.0 Å². The first-order valence-electron chi connectivity index (χ1n) is 7.50. The van der Waals surface area contributed by atoms with Crippen LogP contribution < -0.4 is 5.32 Å². The van der Waals surface area contributed by atoms with E-state index < -0.39 is 0 Å². The highest BCUT2D eigenvalue weighted by Gasteiger charge is 2.38. The molecule has 3 heteroatoms. The maximum Gasteiger partial charge on any atom is 0.0273 e. The molecule has 0 aromatic heterocycles. The zero-order chi connectivity index (χ0) is 13.4. The van der Waals surface area contributed by atoms with Gasteiger partial charge in [-0.1, -0.05) is 13.8 Å². The SMILES string of the molecule is CC1(C)CCNCC1N1CCN(C(C)(C)C)CC1. The Labute approximate surface area is 113 Å². The molecule has 1 unspecified atom stereocenters. The van der Waals surface area contributed by atoms with Crippen LogP contribution in [0, 0.1) is 5.41 Å². The molecular formula is C15H31N3. The summed E-state index contributed by atoms with van der Waals surface area (Å²) in [4.78, 5) is 5.33. The maximum absolute atomic E-state index is 3.57. The number of piperazine rings is 1. The van der Waals surface area contributed by atoms with Gasteiger partial charge in [0, 0.05) is 44.3 Å². The largest absolute Gasteiger partial charge is 0.315 e. The van der Waals surface area contributed by atoms with E-state index in [0.29, 0.717) is 17.0 Å². The molecule has 2 rings (SSSR count). The van der Waals surface area contributed by atoms with Gasteiger partial charge in [0.2, 0.25) is 0 Å². The molecule has 18 heavy (non-hydrogen) atoms. The molecule has 0 spiro atoms. The van der Waals surface area contributed by atoms with Gasteiger partial charge in [-0.2, -0.15) is 0 Å². The van der Waals surface area contributed by atoms with Crippen molar-refractivity contribution in [3.8, 4) is 0 Å². The molecule has 0 amide bonds. The Kier molecular flexibility index (Phi) is 4.05. The molecule has 0 bridgehead atoms. The lowest BCUT2D eigenvalue weighted by molar-refractivity contribution is -0.00254. The van der Waals surface area contributed by atoms with Crippen LogP contribution in [0.4, 0.5) is 0 Å². The second kappa shape index (κ2) is 5.10. The van der Waals surface area contributed by atoms with E-state index in [2.05, 4.69) is 49.7 Å². The summed E-state index contributed by atoms with van der Waals surface area (Å²) >= 11 is 0. The summed E-state index contributed by atoms with van der Waals surface area (Å²) in [6.45, 7) is 19.1. The van der Waals surface area contributed by atoms with Crippen molar-refractivity contribution >= 4 is 0 Å². The minimum Gasteiger partial charge on any atom is -0.315 e. The minimum atomic E-state index is 0.326. The number of hydrogen-bond acceptors (Lipinski definition) is 3.